The molecular formula is C22H19BrO2. The average Bonchev–Trinajstić information content (AvgIpc) is 2.62. The second-order valence-corrected chi connectivity index (χ2v) is 7.20. The predicted octanol–water partition coefficient (Wildman–Crippen LogP) is 6.40. The fourth-order valence-corrected chi connectivity index (χ4v) is 4.44. The van der Waals surface area contributed by atoms with Gasteiger partial charge in [-0.15, -0.1) is 0 Å². The summed E-state index contributed by atoms with van der Waals surface area (Å²) < 4.78 is 6.35. The van der Waals surface area contributed by atoms with E-state index in [2.05, 4.69) is 64.5 Å². The van der Waals surface area contributed by atoms with E-state index in [0.717, 1.165) is 21.8 Å². The molecule has 0 saturated carbocycles. The Morgan fingerprint density at radius 3 is 2.32 bits per heavy atom. The number of carbonyl (C=O) groups excluding carboxylic acids is 1. The van der Waals surface area contributed by atoms with Gasteiger partial charge in [0.1, 0.15) is 0 Å². The number of hydrogen-bond donors (Lipinski definition) is 0. The molecule has 0 aliphatic rings. The summed E-state index contributed by atoms with van der Waals surface area (Å²) in [7, 11) is 0. The van der Waals surface area contributed by atoms with Gasteiger partial charge in [0, 0.05) is 4.47 Å². The summed E-state index contributed by atoms with van der Waals surface area (Å²) in [5.41, 5.74) is 1.04. The zero-order chi connectivity index (χ0) is 17.6. The maximum atomic E-state index is 12.5. The first-order valence-electron chi connectivity index (χ1n) is 8.68. The first kappa shape index (κ1) is 16.3. The van der Waals surface area contributed by atoms with Crippen LogP contribution in [0.25, 0.3) is 32.3 Å². The van der Waals surface area contributed by atoms with Crippen molar-refractivity contribution in [1.82, 2.24) is 0 Å². The molecule has 0 fully saturated rings. The van der Waals surface area contributed by atoms with Gasteiger partial charge in [-0.05, 0) is 57.3 Å². The average molecular weight is 395 g/mol. The number of ether oxygens (including phenoxy) is 1. The monoisotopic (exact) mass is 394 g/mol. The fraction of sp³-hybridized carbons (Fsp3) is 0.227. The standard InChI is InChI=1S/C22H19BrO2/c1-3-15(22(24)25-4-2)18-12-19(23)17-11-9-14-7-5-6-13-8-10-16(18)21(17)20(13)14/h5-12,15H,3-4H2,1-2H3. The Kier molecular flexibility index (Phi) is 4.12. The van der Waals surface area contributed by atoms with Gasteiger partial charge in [0.15, 0.2) is 0 Å². The molecule has 1 unspecified atom stereocenters. The van der Waals surface area contributed by atoms with E-state index in [1.807, 2.05) is 13.8 Å². The Bertz CT molecular complexity index is 1070. The molecule has 2 nitrogen and oxygen atoms in total. The van der Waals surface area contributed by atoms with Crippen molar-refractivity contribution in [1.29, 1.82) is 0 Å². The lowest BCUT2D eigenvalue weighted by atomic mass is 9.86. The summed E-state index contributed by atoms with van der Waals surface area (Å²) in [6.07, 6.45) is 0.718. The number of halogens is 1. The Balaban J connectivity index is 2.10. The molecule has 0 radical (unpaired) electrons. The molecule has 25 heavy (non-hydrogen) atoms. The molecule has 4 aromatic rings. The van der Waals surface area contributed by atoms with E-state index in [-0.39, 0.29) is 11.9 Å². The molecule has 0 spiro atoms. The van der Waals surface area contributed by atoms with Gasteiger partial charge < -0.3 is 4.74 Å². The van der Waals surface area contributed by atoms with Gasteiger partial charge in [-0.25, -0.2) is 0 Å². The summed E-state index contributed by atoms with van der Waals surface area (Å²) >= 11 is 3.73. The molecule has 0 bridgehead atoms. The fourth-order valence-electron chi connectivity index (χ4n) is 3.86. The largest absolute Gasteiger partial charge is 0.466 e. The number of benzene rings is 4. The lowest BCUT2D eigenvalue weighted by Gasteiger charge is -2.20. The van der Waals surface area contributed by atoms with E-state index in [9.17, 15) is 4.79 Å². The Morgan fingerprint density at radius 1 is 1.00 bits per heavy atom. The minimum atomic E-state index is -0.249. The second kappa shape index (κ2) is 6.30. The van der Waals surface area contributed by atoms with Crippen molar-refractivity contribution in [2.75, 3.05) is 6.61 Å². The van der Waals surface area contributed by atoms with E-state index >= 15 is 0 Å². The molecule has 0 aromatic heterocycles. The van der Waals surface area contributed by atoms with Gasteiger partial charge in [0.2, 0.25) is 0 Å². The zero-order valence-corrected chi connectivity index (χ0v) is 15.9. The zero-order valence-electron chi connectivity index (χ0n) is 14.3. The molecule has 0 aliphatic carbocycles. The highest BCUT2D eigenvalue weighted by molar-refractivity contribution is 9.10. The lowest BCUT2D eigenvalue weighted by Crippen LogP contribution is -2.15. The molecule has 0 heterocycles. The molecular weight excluding hydrogens is 376 g/mol. The van der Waals surface area contributed by atoms with E-state index in [1.165, 1.54) is 26.9 Å². The van der Waals surface area contributed by atoms with Gasteiger partial charge >= 0.3 is 5.97 Å². The van der Waals surface area contributed by atoms with Crippen molar-refractivity contribution in [3.8, 4) is 0 Å². The SMILES string of the molecule is CCOC(=O)C(CC)c1cc(Br)c2ccc3cccc4ccc1c2c34. The van der Waals surface area contributed by atoms with Crippen molar-refractivity contribution in [2.24, 2.45) is 0 Å². The highest BCUT2D eigenvalue weighted by atomic mass is 79.9. The maximum Gasteiger partial charge on any atom is 0.313 e. The van der Waals surface area contributed by atoms with Crippen LogP contribution in [0, 0.1) is 0 Å². The third-order valence-electron chi connectivity index (χ3n) is 4.98. The van der Waals surface area contributed by atoms with Crippen LogP contribution in [0.1, 0.15) is 31.7 Å². The highest BCUT2D eigenvalue weighted by Crippen LogP contribution is 2.42. The quantitative estimate of drug-likeness (QED) is 0.295. The molecule has 126 valence electrons. The van der Waals surface area contributed by atoms with Gasteiger partial charge in [0.25, 0.3) is 0 Å². The number of esters is 1. The van der Waals surface area contributed by atoms with Gasteiger partial charge in [0.05, 0.1) is 12.5 Å². The number of carbonyl (C=O) groups is 1. The third kappa shape index (κ3) is 2.49. The third-order valence-corrected chi connectivity index (χ3v) is 5.64. The first-order chi connectivity index (χ1) is 12.2. The smallest absolute Gasteiger partial charge is 0.313 e. The normalized spacial score (nSPS) is 12.9. The summed E-state index contributed by atoms with van der Waals surface area (Å²) in [5.74, 6) is -0.396. The second-order valence-electron chi connectivity index (χ2n) is 6.34. The van der Waals surface area contributed by atoms with E-state index < -0.39 is 0 Å². The molecule has 0 amide bonds. The van der Waals surface area contributed by atoms with Gasteiger partial charge in [-0.3, -0.25) is 4.79 Å². The molecule has 0 N–H and O–H groups in total. The van der Waals surface area contributed by atoms with Gasteiger partial charge in [-0.1, -0.05) is 65.3 Å². The molecule has 0 saturated heterocycles. The van der Waals surface area contributed by atoms with Crippen molar-refractivity contribution in [3.05, 3.63) is 58.6 Å². The summed E-state index contributed by atoms with van der Waals surface area (Å²) in [6, 6.07) is 17.1. The highest BCUT2D eigenvalue weighted by Gasteiger charge is 2.24. The van der Waals surface area contributed by atoms with Crippen LogP contribution < -0.4 is 0 Å². The van der Waals surface area contributed by atoms with Crippen molar-refractivity contribution in [2.45, 2.75) is 26.2 Å². The number of rotatable bonds is 4. The minimum absolute atomic E-state index is 0.146. The Hall–Kier alpha value is -2.13. The van der Waals surface area contributed by atoms with Crippen LogP contribution in [0.5, 0.6) is 0 Å². The molecule has 4 rings (SSSR count). The minimum Gasteiger partial charge on any atom is -0.466 e. The van der Waals surface area contributed by atoms with E-state index in [1.54, 1.807) is 0 Å². The molecule has 1 atom stereocenters. The summed E-state index contributed by atoms with van der Waals surface area (Å²) in [6.45, 7) is 4.29. The molecule has 3 heteroatoms. The molecule has 0 aliphatic heterocycles. The van der Waals surface area contributed by atoms with Crippen LogP contribution in [0.3, 0.4) is 0 Å². The van der Waals surface area contributed by atoms with Gasteiger partial charge in [-0.2, -0.15) is 0 Å². The summed E-state index contributed by atoms with van der Waals surface area (Å²) in [4.78, 5) is 12.5. The Labute approximate surface area is 155 Å². The lowest BCUT2D eigenvalue weighted by molar-refractivity contribution is -0.145. The van der Waals surface area contributed by atoms with Crippen LogP contribution in [-0.4, -0.2) is 12.6 Å². The van der Waals surface area contributed by atoms with Crippen molar-refractivity contribution >= 4 is 54.2 Å². The van der Waals surface area contributed by atoms with Crippen LogP contribution in [-0.2, 0) is 9.53 Å². The molecule has 4 aromatic carbocycles. The predicted molar refractivity (Wildman–Crippen MR) is 108 cm³/mol. The summed E-state index contributed by atoms with van der Waals surface area (Å²) in [5, 5.41) is 7.26. The number of hydrogen-bond acceptors (Lipinski definition) is 2. The maximum absolute atomic E-state index is 12.5. The van der Waals surface area contributed by atoms with Crippen LogP contribution >= 0.6 is 15.9 Å². The van der Waals surface area contributed by atoms with Crippen LogP contribution in [0.15, 0.2) is 53.0 Å². The Morgan fingerprint density at radius 2 is 1.68 bits per heavy atom. The first-order valence-corrected chi connectivity index (χ1v) is 9.47. The van der Waals surface area contributed by atoms with Crippen LogP contribution in [0.4, 0.5) is 0 Å². The van der Waals surface area contributed by atoms with Crippen molar-refractivity contribution < 1.29 is 9.53 Å². The van der Waals surface area contributed by atoms with Crippen LogP contribution in [0.2, 0.25) is 0 Å². The van der Waals surface area contributed by atoms with E-state index in [4.69, 9.17) is 4.74 Å². The van der Waals surface area contributed by atoms with Crippen molar-refractivity contribution in [3.63, 3.8) is 0 Å². The topological polar surface area (TPSA) is 26.3 Å². The van der Waals surface area contributed by atoms with E-state index in [0.29, 0.717) is 6.61 Å².